The van der Waals surface area contributed by atoms with Gasteiger partial charge in [-0.3, -0.25) is 0 Å². The van der Waals surface area contributed by atoms with E-state index in [0.717, 1.165) is 6.26 Å². The largest absolute Gasteiger partial charge is 0.496 e. The number of hydrogen-bond acceptors (Lipinski definition) is 5. The Morgan fingerprint density at radius 2 is 1.88 bits per heavy atom. The van der Waals surface area contributed by atoms with Gasteiger partial charge < -0.3 is 14.8 Å². The van der Waals surface area contributed by atoms with Crippen LogP contribution in [-0.4, -0.2) is 43.7 Å². The molecule has 2 aromatic carbocycles. The van der Waals surface area contributed by atoms with E-state index >= 15 is 0 Å². The minimum absolute atomic E-state index is 0.00683. The molecule has 6 nitrogen and oxygen atoms in total. The first-order valence-electron chi connectivity index (χ1n) is 10.4. The summed E-state index contributed by atoms with van der Waals surface area (Å²) < 4.78 is 71.4. The molecule has 0 aliphatic heterocycles. The van der Waals surface area contributed by atoms with Crippen LogP contribution in [0.2, 0.25) is 0 Å². The lowest BCUT2D eigenvalue weighted by Gasteiger charge is -2.33. The number of ether oxygens (including phenoxy) is 1. The summed E-state index contributed by atoms with van der Waals surface area (Å²) in [5, 5.41) is 20.8. The lowest BCUT2D eigenvalue weighted by Crippen LogP contribution is -2.48. The van der Waals surface area contributed by atoms with Gasteiger partial charge in [-0.1, -0.05) is 25.1 Å². The molecule has 1 heterocycles. The van der Waals surface area contributed by atoms with E-state index in [1.807, 2.05) is 6.07 Å². The number of hydrogen-bond donors (Lipinski definition) is 2. The molecule has 10 heteroatoms. The number of aromatic nitrogens is 1. The maximum Gasteiger partial charge on any atom is 0.417 e. The van der Waals surface area contributed by atoms with Crippen molar-refractivity contribution in [2.75, 3.05) is 13.4 Å². The Bertz CT molecular complexity index is 1340. The van der Waals surface area contributed by atoms with Gasteiger partial charge in [-0.2, -0.15) is 18.4 Å². The number of alkyl halides is 3. The molecule has 182 valence electrons. The van der Waals surface area contributed by atoms with Crippen molar-refractivity contribution in [3.05, 3.63) is 59.3 Å². The third-order valence-electron chi connectivity index (χ3n) is 5.83. The first kappa shape index (κ1) is 25.6. The molecule has 0 saturated heterocycles. The Morgan fingerprint density at radius 3 is 2.47 bits per heavy atom. The van der Waals surface area contributed by atoms with Crippen molar-refractivity contribution in [2.45, 2.75) is 42.9 Å². The molecule has 3 aromatic rings. The molecular weight excluding hydrogens is 469 g/mol. The van der Waals surface area contributed by atoms with Gasteiger partial charge in [0.25, 0.3) is 0 Å². The van der Waals surface area contributed by atoms with Crippen LogP contribution in [0.5, 0.6) is 5.75 Å². The molecule has 0 spiro atoms. The number of sulfone groups is 1. The van der Waals surface area contributed by atoms with Gasteiger partial charge in [0.2, 0.25) is 0 Å². The summed E-state index contributed by atoms with van der Waals surface area (Å²) in [5.41, 5.74) is -2.11. The van der Waals surface area contributed by atoms with Gasteiger partial charge in [0.05, 0.1) is 17.6 Å². The predicted molar refractivity (Wildman–Crippen MR) is 121 cm³/mol. The molecule has 0 aliphatic rings. The molecule has 0 bridgehead atoms. The summed E-state index contributed by atoms with van der Waals surface area (Å²) in [6.45, 7) is 1.54. The SMILES string of the molecule is COc1ccc(S(C)(=O)=O)cc1CC(C)CC(O)(Cc1[nH]c2ccccc2c1C#N)C(F)(F)F. The summed E-state index contributed by atoms with van der Waals surface area (Å²) >= 11 is 0. The van der Waals surface area contributed by atoms with E-state index in [1.165, 1.54) is 25.3 Å². The number of nitriles is 1. The number of fused-ring (bicyclic) bond motifs is 1. The molecule has 1 aromatic heterocycles. The van der Waals surface area contributed by atoms with E-state index in [-0.39, 0.29) is 22.6 Å². The zero-order valence-electron chi connectivity index (χ0n) is 18.9. The number of aromatic amines is 1. The van der Waals surface area contributed by atoms with Crippen molar-refractivity contribution >= 4 is 20.7 Å². The second kappa shape index (κ2) is 9.31. The molecular formula is C24H25F3N2O4S. The zero-order chi connectivity index (χ0) is 25.3. The normalized spacial score (nSPS) is 15.0. The standard InChI is InChI=1S/C24H25F3N2O4S/c1-15(10-16-11-17(34(3,31)32)8-9-22(16)33-2)12-23(30,24(25,26)27)13-21-19(14-28)18-6-4-5-7-20(18)29-21/h4-9,11,15,29-30H,10,12-13H2,1-3H3. The summed E-state index contributed by atoms with van der Waals surface area (Å²) in [5.74, 6) is -0.359. The van der Waals surface area contributed by atoms with E-state index in [0.29, 0.717) is 22.2 Å². The minimum atomic E-state index is -4.97. The van der Waals surface area contributed by atoms with Crippen LogP contribution in [0.1, 0.15) is 30.2 Å². The van der Waals surface area contributed by atoms with Gasteiger partial charge >= 0.3 is 6.18 Å². The highest BCUT2D eigenvalue weighted by Crippen LogP contribution is 2.40. The number of para-hydroxylation sites is 1. The Morgan fingerprint density at radius 1 is 1.21 bits per heavy atom. The lowest BCUT2D eigenvalue weighted by molar-refractivity contribution is -0.265. The van der Waals surface area contributed by atoms with Gasteiger partial charge in [-0.15, -0.1) is 0 Å². The van der Waals surface area contributed by atoms with Crippen LogP contribution in [0.4, 0.5) is 13.2 Å². The van der Waals surface area contributed by atoms with Crippen molar-refractivity contribution in [2.24, 2.45) is 5.92 Å². The van der Waals surface area contributed by atoms with Crippen LogP contribution in [-0.2, 0) is 22.7 Å². The molecule has 2 N–H and O–H groups in total. The monoisotopic (exact) mass is 494 g/mol. The molecule has 0 amide bonds. The van der Waals surface area contributed by atoms with Gasteiger partial charge in [-0.25, -0.2) is 8.42 Å². The van der Waals surface area contributed by atoms with Crippen LogP contribution in [0.15, 0.2) is 47.4 Å². The summed E-state index contributed by atoms with van der Waals surface area (Å²) in [7, 11) is -2.14. The summed E-state index contributed by atoms with van der Waals surface area (Å²) in [6, 6.07) is 12.8. The molecule has 34 heavy (non-hydrogen) atoms. The maximum absolute atomic E-state index is 14.1. The van der Waals surface area contributed by atoms with E-state index in [2.05, 4.69) is 4.98 Å². The molecule has 0 saturated carbocycles. The first-order valence-corrected chi connectivity index (χ1v) is 12.3. The Labute approximate surface area is 195 Å². The second-order valence-electron chi connectivity index (χ2n) is 8.60. The highest BCUT2D eigenvalue weighted by Gasteiger charge is 2.54. The number of benzene rings is 2. The number of nitrogens with one attached hydrogen (secondary N) is 1. The lowest BCUT2D eigenvalue weighted by atomic mass is 9.83. The third-order valence-corrected chi connectivity index (χ3v) is 6.94. The Kier molecular flexibility index (Phi) is 7.01. The second-order valence-corrected chi connectivity index (χ2v) is 10.6. The fraction of sp³-hybridized carbons (Fsp3) is 0.375. The van der Waals surface area contributed by atoms with Crippen LogP contribution >= 0.6 is 0 Å². The number of rotatable bonds is 8. The topological polar surface area (TPSA) is 103 Å². The fourth-order valence-corrected chi connectivity index (χ4v) is 4.88. The van der Waals surface area contributed by atoms with Crippen LogP contribution in [0.25, 0.3) is 10.9 Å². The number of halogens is 3. The first-order chi connectivity index (χ1) is 15.8. The number of aliphatic hydroxyl groups is 1. The minimum Gasteiger partial charge on any atom is -0.496 e. The van der Waals surface area contributed by atoms with Crippen molar-refractivity contribution in [1.29, 1.82) is 5.26 Å². The predicted octanol–water partition coefficient (Wildman–Crippen LogP) is 4.56. The van der Waals surface area contributed by atoms with Crippen molar-refractivity contribution < 1.29 is 31.4 Å². The van der Waals surface area contributed by atoms with Crippen molar-refractivity contribution in [3.8, 4) is 11.8 Å². The van der Waals surface area contributed by atoms with Gasteiger partial charge in [0.1, 0.15) is 11.8 Å². The van der Waals surface area contributed by atoms with E-state index in [4.69, 9.17) is 4.74 Å². The average Bonchev–Trinajstić information content (AvgIpc) is 3.08. The van der Waals surface area contributed by atoms with Gasteiger partial charge in [-0.05, 0) is 48.6 Å². The molecule has 0 radical (unpaired) electrons. The highest BCUT2D eigenvalue weighted by atomic mass is 32.2. The third kappa shape index (κ3) is 5.21. The van der Waals surface area contributed by atoms with Crippen LogP contribution in [0, 0.1) is 17.2 Å². The quantitative estimate of drug-likeness (QED) is 0.478. The van der Waals surface area contributed by atoms with Crippen LogP contribution < -0.4 is 4.74 Å². The number of H-pyrrole nitrogens is 1. The maximum atomic E-state index is 14.1. The highest BCUT2D eigenvalue weighted by molar-refractivity contribution is 7.90. The Hall–Kier alpha value is -3.03. The number of nitrogens with zero attached hydrogens (tertiary/aromatic N) is 1. The van der Waals surface area contributed by atoms with Crippen molar-refractivity contribution in [1.82, 2.24) is 4.98 Å². The van der Waals surface area contributed by atoms with Crippen molar-refractivity contribution in [3.63, 3.8) is 0 Å². The van der Waals surface area contributed by atoms with Crippen LogP contribution in [0.3, 0.4) is 0 Å². The smallest absolute Gasteiger partial charge is 0.417 e. The Balaban J connectivity index is 1.93. The molecule has 0 fully saturated rings. The zero-order valence-corrected chi connectivity index (χ0v) is 19.7. The number of methoxy groups -OCH3 is 1. The van der Waals surface area contributed by atoms with E-state index < -0.39 is 40.4 Å². The summed E-state index contributed by atoms with van der Waals surface area (Å²) in [6.07, 6.45) is -5.37. The molecule has 2 unspecified atom stereocenters. The van der Waals surface area contributed by atoms with E-state index in [1.54, 1.807) is 31.2 Å². The van der Waals surface area contributed by atoms with Gasteiger partial charge in [0.15, 0.2) is 15.4 Å². The van der Waals surface area contributed by atoms with Gasteiger partial charge in [0, 0.05) is 29.3 Å². The molecule has 0 aliphatic carbocycles. The fourth-order valence-electron chi connectivity index (χ4n) is 4.21. The molecule has 3 rings (SSSR count). The average molecular weight is 495 g/mol. The van der Waals surface area contributed by atoms with E-state index in [9.17, 15) is 32.0 Å². The molecule has 2 atom stereocenters. The summed E-state index contributed by atoms with van der Waals surface area (Å²) in [4.78, 5) is 2.87.